The Balaban J connectivity index is 1.27. The van der Waals surface area contributed by atoms with Gasteiger partial charge in [-0.05, 0) is 67.5 Å². The summed E-state index contributed by atoms with van der Waals surface area (Å²) in [5.74, 6) is -2.90. The number of rotatable bonds is 3. The predicted octanol–water partition coefficient (Wildman–Crippen LogP) is 7.71. The van der Waals surface area contributed by atoms with Crippen LogP contribution in [0.3, 0.4) is 0 Å². The van der Waals surface area contributed by atoms with Crippen LogP contribution in [-0.4, -0.2) is 26.1 Å². The van der Waals surface area contributed by atoms with Gasteiger partial charge in [-0.2, -0.15) is 23.3 Å². The Morgan fingerprint density at radius 3 is 2.58 bits per heavy atom. The van der Waals surface area contributed by atoms with Crippen molar-refractivity contribution in [3.05, 3.63) is 101 Å². The average Bonchev–Trinajstić information content (AvgIpc) is 3.59. The van der Waals surface area contributed by atoms with E-state index in [1.54, 1.807) is 16.8 Å². The second-order valence-corrected chi connectivity index (χ2v) is 11.2. The van der Waals surface area contributed by atoms with Crippen molar-refractivity contribution in [1.29, 1.82) is 0 Å². The van der Waals surface area contributed by atoms with Crippen LogP contribution >= 0.6 is 0 Å². The van der Waals surface area contributed by atoms with Crippen molar-refractivity contribution in [1.82, 2.24) is 19.9 Å². The molecule has 9 heteroatoms. The van der Waals surface area contributed by atoms with E-state index >= 15 is 0 Å². The first kappa shape index (κ1) is 25.0. The average molecular weight is 547 g/mol. The second kappa shape index (κ2) is 9.01. The molecule has 204 valence electrons. The molecule has 1 fully saturated rings. The molecule has 4 atom stereocenters. The molecule has 0 radical (unpaired) electrons. The van der Waals surface area contributed by atoms with E-state index in [1.165, 1.54) is 17.7 Å². The number of fused-ring (bicyclic) bond motifs is 4. The number of hydrogen-bond acceptors (Lipinski definition) is 4. The van der Waals surface area contributed by atoms with Crippen molar-refractivity contribution >= 4 is 6.08 Å². The smallest absolute Gasteiger partial charge is 0.339 e. The molecule has 4 aromatic rings. The molecule has 3 aliphatic carbocycles. The number of benzene rings is 2. The van der Waals surface area contributed by atoms with Gasteiger partial charge in [-0.1, -0.05) is 59.6 Å². The third-order valence-electron chi connectivity index (χ3n) is 8.92. The van der Waals surface area contributed by atoms with Gasteiger partial charge in [0.05, 0.1) is 29.4 Å². The van der Waals surface area contributed by atoms with Gasteiger partial charge in [0.1, 0.15) is 5.82 Å². The lowest BCUT2D eigenvalue weighted by atomic mass is 9.54. The molecule has 3 aliphatic rings. The van der Waals surface area contributed by atoms with Gasteiger partial charge >= 0.3 is 6.18 Å². The summed E-state index contributed by atoms with van der Waals surface area (Å²) < 4.78 is 64.1. The molecule has 0 aliphatic heterocycles. The van der Waals surface area contributed by atoms with Crippen LogP contribution < -0.4 is 0 Å². The maximum absolute atomic E-state index is 14.4. The van der Waals surface area contributed by atoms with Crippen LogP contribution in [0.1, 0.15) is 49.3 Å². The van der Waals surface area contributed by atoms with E-state index in [4.69, 9.17) is 4.52 Å². The maximum Gasteiger partial charge on any atom is 0.392 e. The standard InChI is InChI=1S/C31H26F4N4O/c1-30-16-19-17-36-39(22-10-8-21(32)9-11-22)26(19)15-20(30)7-12-23-24(30)13-14-25(31(33,34)35)27(23)29-37-28(38-40-29)18-5-3-2-4-6-18/h2-6,8-11,13,15,17,23,25,27H,7,12,14,16H2,1H3/t23-,25+,27+,30-/m0/s1. The highest BCUT2D eigenvalue weighted by Gasteiger charge is 2.56. The molecule has 0 amide bonds. The number of alkyl halides is 3. The molecule has 0 saturated heterocycles. The van der Waals surface area contributed by atoms with Gasteiger partial charge in [-0.25, -0.2) is 9.07 Å². The van der Waals surface area contributed by atoms with Crippen LogP contribution in [0.4, 0.5) is 17.6 Å². The molecule has 5 nitrogen and oxygen atoms in total. The Labute approximate surface area is 228 Å². The first-order valence-electron chi connectivity index (χ1n) is 13.4. The highest BCUT2D eigenvalue weighted by Crippen LogP contribution is 2.60. The molecule has 0 spiro atoms. The second-order valence-electron chi connectivity index (χ2n) is 11.2. The van der Waals surface area contributed by atoms with Crippen LogP contribution in [0, 0.1) is 23.1 Å². The summed E-state index contributed by atoms with van der Waals surface area (Å²) in [6.07, 6.45) is 3.04. The Morgan fingerprint density at radius 1 is 1.05 bits per heavy atom. The topological polar surface area (TPSA) is 56.7 Å². The van der Waals surface area contributed by atoms with Crippen LogP contribution in [0.15, 0.2) is 82.5 Å². The quantitative estimate of drug-likeness (QED) is 0.195. The van der Waals surface area contributed by atoms with Crippen molar-refractivity contribution in [2.24, 2.45) is 17.3 Å². The van der Waals surface area contributed by atoms with Crippen molar-refractivity contribution < 1.29 is 22.1 Å². The Kier molecular flexibility index (Phi) is 5.63. The minimum absolute atomic E-state index is 0.0495. The molecule has 0 N–H and O–H groups in total. The van der Waals surface area contributed by atoms with Crippen molar-refractivity contribution in [2.45, 2.75) is 44.7 Å². The summed E-state index contributed by atoms with van der Waals surface area (Å²) in [4.78, 5) is 4.51. The zero-order valence-corrected chi connectivity index (χ0v) is 21.7. The Hall–Kier alpha value is -4.01. The van der Waals surface area contributed by atoms with Gasteiger partial charge < -0.3 is 4.52 Å². The van der Waals surface area contributed by atoms with Gasteiger partial charge in [0.2, 0.25) is 11.7 Å². The van der Waals surface area contributed by atoms with Gasteiger partial charge in [0.15, 0.2) is 0 Å². The molecule has 1 saturated carbocycles. The van der Waals surface area contributed by atoms with Crippen molar-refractivity contribution in [3.8, 4) is 17.1 Å². The summed E-state index contributed by atoms with van der Waals surface area (Å²) in [7, 11) is 0. The highest BCUT2D eigenvalue weighted by molar-refractivity contribution is 5.64. The summed E-state index contributed by atoms with van der Waals surface area (Å²) in [6, 6.07) is 15.3. The van der Waals surface area contributed by atoms with Crippen LogP contribution in [-0.2, 0) is 6.42 Å². The van der Waals surface area contributed by atoms with E-state index in [0.717, 1.165) is 22.5 Å². The maximum atomic E-state index is 14.4. The van der Waals surface area contributed by atoms with Gasteiger partial charge in [-0.3, -0.25) is 0 Å². The summed E-state index contributed by atoms with van der Waals surface area (Å²) in [5, 5.41) is 8.64. The van der Waals surface area contributed by atoms with Gasteiger partial charge in [0.25, 0.3) is 0 Å². The zero-order valence-electron chi connectivity index (χ0n) is 21.7. The molecule has 40 heavy (non-hydrogen) atoms. The van der Waals surface area contributed by atoms with Crippen molar-refractivity contribution in [2.75, 3.05) is 0 Å². The minimum atomic E-state index is -4.40. The number of halogens is 4. The summed E-state index contributed by atoms with van der Waals surface area (Å²) in [6.45, 7) is 2.13. The minimum Gasteiger partial charge on any atom is -0.339 e. The summed E-state index contributed by atoms with van der Waals surface area (Å²) >= 11 is 0. The van der Waals surface area contributed by atoms with Crippen LogP contribution in [0.5, 0.6) is 0 Å². The molecule has 7 rings (SSSR count). The molecule has 0 unspecified atom stereocenters. The van der Waals surface area contributed by atoms with E-state index in [0.29, 0.717) is 30.7 Å². The Bertz CT molecular complexity index is 1630. The molecule has 0 bridgehead atoms. The highest BCUT2D eigenvalue weighted by atomic mass is 19.4. The van der Waals surface area contributed by atoms with Crippen molar-refractivity contribution in [3.63, 3.8) is 0 Å². The first-order valence-corrected chi connectivity index (χ1v) is 13.4. The number of hydrogen-bond donors (Lipinski definition) is 0. The largest absolute Gasteiger partial charge is 0.392 e. The SMILES string of the molecule is C[C@]12Cc3cnn(-c4ccc(F)cc4)c3C=C1CC[C@H]1C2=CC[C@@H](C(F)(F)F)[C@@H]1c1nc(-c2ccccc2)no1. The lowest BCUT2D eigenvalue weighted by molar-refractivity contribution is -0.187. The summed E-state index contributed by atoms with van der Waals surface area (Å²) in [5.41, 5.74) is 5.14. The molecular formula is C31H26F4N4O. The van der Waals surface area contributed by atoms with E-state index in [2.05, 4.69) is 28.2 Å². The third kappa shape index (κ3) is 3.93. The fourth-order valence-corrected chi connectivity index (χ4v) is 6.99. The molecule has 2 heterocycles. The molecule has 2 aromatic heterocycles. The molecule has 2 aromatic carbocycles. The fourth-order valence-electron chi connectivity index (χ4n) is 6.99. The van der Waals surface area contributed by atoms with Crippen LogP contribution in [0.2, 0.25) is 0 Å². The predicted molar refractivity (Wildman–Crippen MR) is 141 cm³/mol. The van der Waals surface area contributed by atoms with Gasteiger partial charge in [-0.15, -0.1) is 0 Å². The fraction of sp³-hybridized carbons (Fsp3) is 0.323. The third-order valence-corrected chi connectivity index (χ3v) is 8.92. The van der Waals surface area contributed by atoms with E-state index in [9.17, 15) is 17.6 Å². The number of nitrogens with zero attached hydrogens (tertiary/aromatic N) is 4. The normalized spacial score (nSPS) is 25.9. The van der Waals surface area contributed by atoms with E-state index < -0.39 is 23.4 Å². The zero-order chi connectivity index (χ0) is 27.6. The van der Waals surface area contributed by atoms with Gasteiger partial charge in [0, 0.05) is 11.0 Å². The molecular weight excluding hydrogens is 520 g/mol. The monoisotopic (exact) mass is 546 g/mol. The van der Waals surface area contributed by atoms with E-state index in [-0.39, 0.29) is 24.0 Å². The Morgan fingerprint density at radius 2 is 1.82 bits per heavy atom. The number of allylic oxidation sites excluding steroid dienone is 3. The van der Waals surface area contributed by atoms with E-state index in [1.807, 2.05) is 42.6 Å². The van der Waals surface area contributed by atoms with Crippen LogP contribution in [0.25, 0.3) is 23.2 Å². The first-order chi connectivity index (χ1) is 19.2. The lowest BCUT2D eigenvalue weighted by Gasteiger charge is -2.50. The number of aromatic nitrogens is 4. The lowest BCUT2D eigenvalue weighted by Crippen LogP contribution is -2.44.